The molecule has 1 heteroatoms. The van der Waals surface area contributed by atoms with Gasteiger partial charge in [-0.3, -0.25) is 0 Å². The maximum Gasteiger partial charge on any atom is 2.00 e. The summed E-state index contributed by atoms with van der Waals surface area (Å²) in [5.74, 6) is 0. The third-order valence-electron chi connectivity index (χ3n) is 0.909. The minimum absolute atomic E-state index is 0. The smallest absolute Gasteiger partial charge is 0.343 e. The second-order valence-electron chi connectivity index (χ2n) is 1.82. The zero-order valence-electron chi connectivity index (χ0n) is 6.72. The van der Waals surface area contributed by atoms with Crippen molar-refractivity contribution >= 4 is 23.1 Å². The van der Waals surface area contributed by atoms with Gasteiger partial charge in [0.05, 0.1) is 0 Å². The number of unbranched alkanes of at least 4 members (excludes halogenated alkanes) is 1. The minimum atomic E-state index is 0. The third kappa shape index (κ3) is 11.0. The Kier molecular flexibility index (Phi) is 15.1. The molecule has 0 fully saturated rings. The van der Waals surface area contributed by atoms with Gasteiger partial charge in [0.15, 0.2) is 0 Å². The Morgan fingerprint density at radius 3 is 1.80 bits per heavy atom. The molecule has 0 saturated carbocycles. The molecule has 0 bridgehead atoms. The quantitative estimate of drug-likeness (QED) is 0.422. The van der Waals surface area contributed by atoms with Crippen LogP contribution in [-0.2, 0) is 0 Å². The summed E-state index contributed by atoms with van der Waals surface area (Å²) in [6, 6.07) is 10.0. The van der Waals surface area contributed by atoms with Gasteiger partial charge in [0, 0.05) is 0 Å². The van der Waals surface area contributed by atoms with E-state index in [1.165, 1.54) is 6.42 Å². The van der Waals surface area contributed by atoms with Gasteiger partial charge in [-0.2, -0.15) is 24.6 Å². The molecule has 0 aromatic heterocycles. The average Bonchev–Trinajstić information content (AvgIpc) is 2.43. The second-order valence-corrected chi connectivity index (χ2v) is 1.82. The van der Waals surface area contributed by atoms with Gasteiger partial charge in [-0.1, -0.05) is 13.3 Å². The summed E-state index contributed by atoms with van der Waals surface area (Å²) in [6.07, 6.45) is 2.28. The van der Waals surface area contributed by atoms with Gasteiger partial charge in [0.25, 0.3) is 0 Å². The van der Waals surface area contributed by atoms with Crippen molar-refractivity contribution in [1.29, 1.82) is 0 Å². The predicted octanol–water partition coefficient (Wildman–Crippen LogP) is 2.65. The molecule has 10 heavy (non-hydrogen) atoms. The van der Waals surface area contributed by atoms with E-state index < -0.39 is 0 Å². The van der Waals surface area contributed by atoms with Crippen LogP contribution in [0.4, 0.5) is 0 Å². The molecule has 0 aliphatic carbocycles. The monoisotopic (exact) mass is 146 g/mol. The fourth-order valence-electron chi connectivity index (χ4n) is 0.321. The van der Waals surface area contributed by atoms with Crippen LogP contribution in [0.3, 0.4) is 0 Å². The fraction of sp³-hybridized carbons (Fsp3) is 0.333. The van der Waals surface area contributed by atoms with E-state index in [0.717, 1.165) is 6.42 Å². The van der Waals surface area contributed by atoms with Crippen molar-refractivity contribution in [1.82, 2.24) is 0 Å². The summed E-state index contributed by atoms with van der Waals surface area (Å²) in [5, 5.41) is 0. The molecular formula is C9H14Mg. The van der Waals surface area contributed by atoms with Gasteiger partial charge in [0.1, 0.15) is 0 Å². The van der Waals surface area contributed by atoms with Crippen LogP contribution < -0.4 is 0 Å². The Hall–Kier alpha value is 0.116. The molecule has 1 aromatic carbocycles. The Morgan fingerprint density at radius 1 is 1.30 bits per heavy atom. The summed E-state index contributed by atoms with van der Waals surface area (Å²) in [6.45, 7) is 5.72. The molecule has 0 spiro atoms. The van der Waals surface area contributed by atoms with E-state index in [-0.39, 0.29) is 23.1 Å². The number of hydrogen-bond acceptors (Lipinski definition) is 0. The molecule has 0 amide bonds. The van der Waals surface area contributed by atoms with Crippen molar-refractivity contribution in [3.63, 3.8) is 0 Å². The molecule has 0 radical (unpaired) electrons. The maximum atomic E-state index is 3.60. The van der Waals surface area contributed by atoms with Crippen molar-refractivity contribution in [2.45, 2.75) is 19.8 Å². The van der Waals surface area contributed by atoms with E-state index in [1.54, 1.807) is 0 Å². The third-order valence-corrected chi connectivity index (χ3v) is 0.909. The molecule has 0 N–H and O–H groups in total. The molecule has 0 atom stereocenters. The maximum absolute atomic E-state index is 3.60. The summed E-state index contributed by atoms with van der Waals surface area (Å²) in [7, 11) is 0. The molecule has 0 saturated heterocycles. The van der Waals surface area contributed by atoms with Gasteiger partial charge in [-0.15, -0.1) is 0 Å². The van der Waals surface area contributed by atoms with Crippen molar-refractivity contribution in [2.75, 3.05) is 0 Å². The van der Waals surface area contributed by atoms with Crippen molar-refractivity contribution in [3.8, 4) is 0 Å². The summed E-state index contributed by atoms with van der Waals surface area (Å²) in [5.41, 5.74) is 0. The van der Waals surface area contributed by atoms with Crippen molar-refractivity contribution < 1.29 is 0 Å². The molecule has 1 aromatic rings. The molecular weight excluding hydrogens is 132 g/mol. The van der Waals surface area contributed by atoms with Crippen LogP contribution in [0.5, 0.6) is 0 Å². The van der Waals surface area contributed by atoms with E-state index in [1.807, 2.05) is 30.3 Å². The first kappa shape index (κ1) is 12.8. The summed E-state index contributed by atoms with van der Waals surface area (Å²) in [4.78, 5) is 0. The molecule has 52 valence electrons. The van der Waals surface area contributed by atoms with Crippen molar-refractivity contribution in [2.24, 2.45) is 0 Å². The molecule has 1 rings (SSSR count). The predicted molar refractivity (Wildman–Crippen MR) is 48.1 cm³/mol. The summed E-state index contributed by atoms with van der Waals surface area (Å²) >= 11 is 0. The molecule has 0 unspecified atom stereocenters. The SMILES string of the molecule is [CH2-]CCC.[Mg+2].c1cc[cH-]c1. The zero-order valence-corrected chi connectivity index (χ0v) is 8.13. The van der Waals surface area contributed by atoms with Gasteiger partial charge in [-0.05, 0) is 0 Å². The average molecular weight is 147 g/mol. The van der Waals surface area contributed by atoms with E-state index >= 15 is 0 Å². The molecule has 0 nitrogen and oxygen atoms in total. The largest absolute Gasteiger partial charge is 2.00 e. The van der Waals surface area contributed by atoms with Gasteiger partial charge in [-0.25, -0.2) is 12.1 Å². The Bertz CT molecular complexity index is 80.3. The van der Waals surface area contributed by atoms with Crippen molar-refractivity contribution in [3.05, 3.63) is 37.3 Å². The minimum Gasteiger partial charge on any atom is -0.343 e. The summed E-state index contributed by atoms with van der Waals surface area (Å²) < 4.78 is 0. The fourth-order valence-corrected chi connectivity index (χ4v) is 0.321. The van der Waals surface area contributed by atoms with E-state index in [0.29, 0.717) is 0 Å². The van der Waals surface area contributed by atoms with Crippen LogP contribution >= 0.6 is 0 Å². The Labute approximate surface area is 80.2 Å². The zero-order chi connectivity index (χ0) is 6.95. The van der Waals surface area contributed by atoms with Gasteiger partial charge in [0.2, 0.25) is 0 Å². The van der Waals surface area contributed by atoms with Crippen LogP contribution in [0, 0.1) is 6.92 Å². The molecule has 0 aliphatic rings. The molecule has 0 aliphatic heterocycles. The first-order valence-electron chi connectivity index (χ1n) is 3.37. The van der Waals surface area contributed by atoms with Crippen LogP contribution in [-0.4, -0.2) is 23.1 Å². The first-order valence-corrected chi connectivity index (χ1v) is 3.37. The normalized spacial score (nSPS) is 7.00. The van der Waals surface area contributed by atoms with Crippen LogP contribution in [0.1, 0.15) is 19.8 Å². The Morgan fingerprint density at radius 2 is 1.70 bits per heavy atom. The second kappa shape index (κ2) is 11.9. The van der Waals surface area contributed by atoms with E-state index in [9.17, 15) is 0 Å². The first-order chi connectivity index (χ1) is 4.41. The van der Waals surface area contributed by atoms with Gasteiger partial charge < -0.3 is 6.92 Å². The van der Waals surface area contributed by atoms with E-state index in [4.69, 9.17) is 0 Å². The topological polar surface area (TPSA) is 0 Å². The standard InChI is InChI=1S/C5H5.C4H9.Mg/c1-2-4-5-3-1;1-3-4-2;/h1-5H;1,3-4H2,2H3;/q2*-1;+2. The van der Waals surface area contributed by atoms with E-state index in [2.05, 4.69) is 13.8 Å². The van der Waals surface area contributed by atoms with Crippen LogP contribution in [0.25, 0.3) is 0 Å². The number of rotatable bonds is 1. The van der Waals surface area contributed by atoms with Crippen LogP contribution in [0.15, 0.2) is 30.3 Å². The Balaban J connectivity index is 0. The number of hydrogen-bond donors (Lipinski definition) is 0. The van der Waals surface area contributed by atoms with Gasteiger partial charge >= 0.3 is 23.1 Å². The van der Waals surface area contributed by atoms with Crippen LogP contribution in [0.2, 0.25) is 0 Å². The molecule has 0 heterocycles.